The molecular weight excluding hydrogens is 264 g/mol. The molecule has 2 nitrogen and oxygen atoms in total. The predicted molar refractivity (Wildman–Crippen MR) is 61.7 cm³/mol. The van der Waals surface area contributed by atoms with E-state index in [2.05, 4.69) is 22.5 Å². The van der Waals surface area contributed by atoms with Gasteiger partial charge in [0.05, 0.1) is 5.41 Å². The third-order valence-electron chi connectivity index (χ3n) is 2.16. The van der Waals surface area contributed by atoms with Gasteiger partial charge in [0, 0.05) is 15.8 Å². The summed E-state index contributed by atoms with van der Waals surface area (Å²) in [6, 6.07) is 1.92. The Bertz CT molecular complexity index is 359. The van der Waals surface area contributed by atoms with Crippen molar-refractivity contribution in [3.05, 3.63) is 33.5 Å². The molecule has 0 aliphatic heterocycles. The van der Waals surface area contributed by atoms with E-state index in [-0.39, 0.29) is 0 Å². The maximum atomic E-state index is 11.0. The minimum atomic E-state index is -0.882. The van der Waals surface area contributed by atoms with Crippen molar-refractivity contribution >= 4 is 33.2 Å². The van der Waals surface area contributed by atoms with Crippen molar-refractivity contribution in [2.45, 2.75) is 13.3 Å². The predicted octanol–water partition coefficient (Wildman–Crippen LogP) is 3.33. The smallest absolute Gasteiger partial charge is 0.313 e. The third-order valence-corrected chi connectivity index (χ3v) is 4.08. The molecule has 0 amide bonds. The van der Waals surface area contributed by atoms with Crippen LogP contribution >= 0.6 is 27.3 Å². The van der Waals surface area contributed by atoms with Gasteiger partial charge in [-0.2, -0.15) is 0 Å². The molecule has 76 valence electrons. The summed E-state index contributed by atoms with van der Waals surface area (Å²) >= 11 is 4.93. The van der Waals surface area contributed by atoms with Gasteiger partial charge in [0.2, 0.25) is 0 Å². The zero-order chi connectivity index (χ0) is 10.8. The van der Waals surface area contributed by atoms with Crippen molar-refractivity contribution in [3.8, 4) is 0 Å². The number of thiophene rings is 1. The molecule has 0 aliphatic carbocycles. The number of carboxylic acids is 1. The lowest BCUT2D eigenvalue weighted by atomic mass is 9.86. The molecule has 1 atom stereocenters. The van der Waals surface area contributed by atoms with Crippen molar-refractivity contribution in [2.75, 3.05) is 0 Å². The maximum absolute atomic E-state index is 11.0. The highest BCUT2D eigenvalue weighted by Crippen LogP contribution is 2.31. The first kappa shape index (κ1) is 11.5. The lowest BCUT2D eigenvalue weighted by Gasteiger charge is -2.19. The van der Waals surface area contributed by atoms with Crippen molar-refractivity contribution < 1.29 is 9.90 Å². The van der Waals surface area contributed by atoms with Crippen LogP contribution in [0.15, 0.2) is 28.6 Å². The fraction of sp³-hybridized carbons (Fsp3) is 0.300. The van der Waals surface area contributed by atoms with Gasteiger partial charge in [0.25, 0.3) is 0 Å². The Hall–Kier alpha value is -0.610. The first-order chi connectivity index (χ1) is 6.49. The van der Waals surface area contributed by atoms with Crippen LogP contribution in [-0.4, -0.2) is 11.1 Å². The van der Waals surface area contributed by atoms with E-state index in [0.29, 0.717) is 6.42 Å². The summed E-state index contributed by atoms with van der Waals surface area (Å²) in [4.78, 5) is 12.0. The van der Waals surface area contributed by atoms with Gasteiger partial charge >= 0.3 is 5.97 Å². The molecule has 1 unspecified atom stereocenters. The van der Waals surface area contributed by atoms with Crippen molar-refractivity contribution in [1.29, 1.82) is 0 Å². The number of hydrogen-bond acceptors (Lipinski definition) is 2. The molecule has 1 aromatic rings. The van der Waals surface area contributed by atoms with Gasteiger partial charge in [0.15, 0.2) is 0 Å². The van der Waals surface area contributed by atoms with Gasteiger partial charge in [-0.25, -0.2) is 0 Å². The fourth-order valence-corrected chi connectivity index (χ4v) is 2.68. The van der Waals surface area contributed by atoms with Crippen LogP contribution in [0.5, 0.6) is 0 Å². The number of rotatable bonds is 4. The number of aliphatic carboxylic acids is 1. The summed E-state index contributed by atoms with van der Waals surface area (Å²) in [5.74, 6) is -0.840. The molecule has 1 heterocycles. The van der Waals surface area contributed by atoms with E-state index in [4.69, 9.17) is 5.11 Å². The van der Waals surface area contributed by atoms with Gasteiger partial charge in [-0.05, 0) is 34.3 Å². The Balaban J connectivity index is 2.91. The highest BCUT2D eigenvalue weighted by Gasteiger charge is 2.30. The average molecular weight is 275 g/mol. The van der Waals surface area contributed by atoms with Crippen LogP contribution in [0.25, 0.3) is 0 Å². The van der Waals surface area contributed by atoms with E-state index < -0.39 is 11.4 Å². The zero-order valence-electron chi connectivity index (χ0n) is 7.79. The van der Waals surface area contributed by atoms with Crippen LogP contribution in [0.4, 0.5) is 0 Å². The van der Waals surface area contributed by atoms with Crippen molar-refractivity contribution in [3.63, 3.8) is 0 Å². The van der Waals surface area contributed by atoms with Crippen molar-refractivity contribution in [1.82, 2.24) is 0 Å². The Morgan fingerprint density at radius 2 is 2.50 bits per heavy atom. The molecule has 0 aliphatic rings. The minimum absolute atomic E-state index is 0.476. The molecule has 0 fully saturated rings. The second-order valence-corrected chi connectivity index (χ2v) is 5.15. The van der Waals surface area contributed by atoms with E-state index >= 15 is 0 Å². The first-order valence-electron chi connectivity index (χ1n) is 4.08. The van der Waals surface area contributed by atoms with Crippen LogP contribution < -0.4 is 0 Å². The molecule has 0 saturated carbocycles. The summed E-state index contributed by atoms with van der Waals surface area (Å²) in [7, 11) is 0. The molecule has 0 saturated heterocycles. The quantitative estimate of drug-likeness (QED) is 0.856. The molecule has 1 N–H and O–H groups in total. The Morgan fingerprint density at radius 3 is 2.86 bits per heavy atom. The van der Waals surface area contributed by atoms with E-state index in [1.54, 1.807) is 18.3 Å². The van der Waals surface area contributed by atoms with Crippen LogP contribution in [0.3, 0.4) is 0 Å². The van der Waals surface area contributed by atoms with Gasteiger partial charge in [-0.3, -0.25) is 4.79 Å². The van der Waals surface area contributed by atoms with Gasteiger partial charge in [-0.1, -0.05) is 6.08 Å². The fourth-order valence-electron chi connectivity index (χ4n) is 1.02. The Morgan fingerprint density at radius 1 is 1.86 bits per heavy atom. The Kier molecular flexibility index (Phi) is 3.50. The number of hydrogen-bond donors (Lipinski definition) is 1. The second-order valence-electron chi connectivity index (χ2n) is 3.30. The third kappa shape index (κ3) is 2.25. The number of halogens is 1. The van der Waals surface area contributed by atoms with Crippen LogP contribution in [-0.2, 0) is 11.2 Å². The SMILES string of the molecule is C=CC(C)(Cc1sccc1Br)C(=O)O. The zero-order valence-corrected chi connectivity index (χ0v) is 10.2. The largest absolute Gasteiger partial charge is 0.481 e. The van der Waals surface area contributed by atoms with E-state index in [9.17, 15) is 4.79 Å². The summed E-state index contributed by atoms with van der Waals surface area (Å²) in [6.07, 6.45) is 1.96. The molecule has 1 rings (SSSR count). The number of carbonyl (C=O) groups is 1. The molecule has 0 aromatic carbocycles. The molecule has 0 radical (unpaired) electrons. The summed E-state index contributed by atoms with van der Waals surface area (Å²) in [5.41, 5.74) is -0.882. The van der Waals surface area contributed by atoms with E-state index in [0.717, 1.165) is 9.35 Å². The molecule has 0 spiro atoms. The van der Waals surface area contributed by atoms with Crippen molar-refractivity contribution in [2.24, 2.45) is 5.41 Å². The van der Waals surface area contributed by atoms with Gasteiger partial charge in [-0.15, -0.1) is 17.9 Å². The topological polar surface area (TPSA) is 37.3 Å². The van der Waals surface area contributed by atoms with Crippen LogP contribution in [0.2, 0.25) is 0 Å². The van der Waals surface area contributed by atoms with Gasteiger partial charge < -0.3 is 5.11 Å². The molecule has 1 aromatic heterocycles. The van der Waals surface area contributed by atoms with Crippen LogP contribution in [0, 0.1) is 5.41 Å². The summed E-state index contributed by atoms with van der Waals surface area (Å²) in [6.45, 7) is 5.25. The highest BCUT2D eigenvalue weighted by atomic mass is 79.9. The van der Waals surface area contributed by atoms with Crippen LogP contribution in [0.1, 0.15) is 11.8 Å². The lowest BCUT2D eigenvalue weighted by Crippen LogP contribution is -2.27. The molecule has 14 heavy (non-hydrogen) atoms. The lowest BCUT2D eigenvalue weighted by molar-refractivity contribution is -0.145. The molecule has 0 bridgehead atoms. The number of carboxylic acid groups (broad SMARTS) is 1. The molecular formula is C10H11BrO2S. The summed E-state index contributed by atoms with van der Waals surface area (Å²) in [5, 5.41) is 11.0. The average Bonchev–Trinajstić information content (AvgIpc) is 2.51. The molecule has 4 heteroatoms. The summed E-state index contributed by atoms with van der Waals surface area (Å²) < 4.78 is 0.969. The highest BCUT2D eigenvalue weighted by molar-refractivity contribution is 9.10. The first-order valence-corrected chi connectivity index (χ1v) is 5.76. The van der Waals surface area contributed by atoms with E-state index in [1.165, 1.54) is 6.08 Å². The minimum Gasteiger partial charge on any atom is -0.481 e. The Labute approximate surface area is 95.4 Å². The van der Waals surface area contributed by atoms with E-state index in [1.807, 2.05) is 11.4 Å². The maximum Gasteiger partial charge on any atom is 0.313 e. The second kappa shape index (κ2) is 4.28. The van der Waals surface area contributed by atoms with Gasteiger partial charge in [0.1, 0.15) is 0 Å². The normalized spacial score (nSPS) is 14.7. The monoisotopic (exact) mass is 274 g/mol. The standard InChI is InChI=1S/C10H11BrO2S/c1-3-10(2,9(12)13)6-8-7(11)4-5-14-8/h3-5H,1,6H2,2H3,(H,12,13).